The van der Waals surface area contributed by atoms with Crippen LogP contribution in [0, 0.1) is 5.92 Å². The van der Waals surface area contributed by atoms with E-state index in [0.717, 1.165) is 12.8 Å². The Labute approximate surface area is 144 Å². The SMILES string of the molecule is O=C(c1ccc(OC2CCOCC2)nc1)N1CCC(C(F)(F)F)CC1. The Morgan fingerprint density at radius 3 is 2.40 bits per heavy atom. The molecule has 25 heavy (non-hydrogen) atoms. The fraction of sp³-hybridized carbons (Fsp3) is 0.647. The summed E-state index contributed by atoms with van der Waals surface area (Å²) in [6, 6.07) is 3.24. The summed E-state index contributed by atoms with van der Waals surface area (Å²) in [6.45, 7) is 1.55. The van der Waals surface area contributed by atoms with Crippen molar-refractivity contribution in [3.8, 4) is 5.88 Å². The molecule has 1 aromatic heterocycles. The van der Waals surface area contributed by atoms with Gasteiger partial charge in [0, 0.05) is 38.2 Å². The summed E-state index contributed by atoms with van der Waals surface area (Å²) in [5.74, 6) is -1.16. The number of piperidine rings is 1. The van der Waals surface area contributed by atoms with E-state index in [1.165, 1.54) is 11.1 Å². The maximum absolute atomic E-state index is 12.7. The van der Waals surface area contributed by atoms with Gasteiger partial charge in [0.25, 0.3) is 5.91 Å². The molecule has 1 aromatic rings. The highest BCUT2D eigenvalue weighted by Gasteiger charge is 2.41. The number of hydrogen-bond acceptors (Lipinski definition) is 4. The highest BCUT2D eigenvalue weighted by molar-refractivity contribution is 5.94. The number of aromatic nitrogens is 1. The molecular weight excluding hydrogens is 337 g/mol. The van der Waals surface area contributed by atoms with Crippen LogP contribution in [-0.4, -0.2) is 54.4 Å². The molecule has 0 N–H and O–H groups in total. The lowest BCUT2D eigenvalue weighted by Crippen LogP contribution is -2.42. The number of ether oxygens (including phenoxy) is 2. The first-order valence-corrected chi connectivity index (χ1v) is 8.50. The van der Waals surface area contributed by atoms with E-state index in [0.29, 0.717) is 24.7 Å². The quantitative estimate of drug-likeness (QED) is 0.833. The molecule has 0 aliphatic carbocycles. The lowest BCUT2D eigenvalue weighted by molar-refractivity contribution is -0.183. The van der Waals surface area contributed by atoms with E-state index in [9.17, 15) is 18.0 Å². The van der Waals surface area contributed by atoms with Crippen molar-refractivity contribution in [2.45, 2.75) is 38.0 Å². The predicted octanol–water partition coefficient (Wildman–Crippen LogP) is 3.05. The largest absolute Gasteiger partial charge is 0.474 e. The summed E-state index contributed by atoms with van der Waals surface area (Å²) in [7, 11) is 0. The average Bonchev–Trinajstić information content (AvgIpc) is 2.62. The van der Waals surface area contributed by atoms with Crippen LogP contribution in [0.25, 0.3) is 0 Å². The summed E-state index contributed by atoms with van der Waals surface area (Å²) >= 11 is 0. The van der Waals surface area contributed by atoms with Crippen LogP contribution in [0.3, 0.4) is 0 Å². The number of pyridine rings is 1. The van der Waals surface area contributed by atoms with E-state index < -0.39 is 12.1 Å². The van der Waals surface area contributed by atoms with Gasteiger partial charge < -0.3 is 14.4 Å². The van der Waals surface area contributed by atoms with Crippen molar-refractivity contribution in [2.24, 2.45) is 5.92 Å². The van der Waals surface area contributed by atoms with Crippen LogP contribution in [0.15, 0.2) is 18.3 Å². The van der Waals surface area contributed by atoms with Crippen molar-refractivity contribution < 1.29 is 27.4 Å². The molecule has 0 bridgehead atoms. The summed E-state index contributed by atoms with van der Waals surface area (Å²) in [6.07, 6.45) is -1.19. The number of amides is 1. The first-order valence-electron chi connectivity index (χ1n) is 8.50. The average molecular weight is 358 g/mol. The van der Waals surface area contributed by atoms with Crippen LogP contribution < -0.4 is 4.74 Å². The van der Waals surface area contributed by atoms with Crippen LogP contribution in [0.2, 0.25) is 0 Å². The number of alkyl halides is 3. The van der Waals surface area contributed by atoms with Gasteiger partial charge in [0.1, 0.15) is 6.10 Å². The number of hydrogen-bond donors (Lipinski definition) is 0. The minimum atomic E-state index is -4.18. The standard InChI is InChI=1S/C17H21F3N2O3/c18-17(19,20)13-3-7-22(8-4-13)16(23)12-1-2-15(21-11-12)25-14-5-9-24-10-6-14/h1-2,11,13-14H,3-10H2. The number of likely N-dealkylation sites (tertiary alicyclic amines) is 1. The van der Waals surface area contributed by atoms with Gasteiger partial charge in [0.15, 0.2) is 0 Å². The highest BCUT2D eigenvalue weighted by atomic mass is 19.4. The van der Waals surface area contributed by atoms with Crippen LogP contribution in [-0.2, 0) is 4.74 Å². The fourth-order valence-corrected chi connectivity index (χ4v) is 3.13. The molecule has 3 rings (SSSR count). The van der Waals surface area contributed by atoms with Crippen molar-refractivity contribution >= 4 is 5.91 Å². The van der Waals surface area contributed by atoms with Crippen molar-refractivity contribution in [2.75, 3.05) is 26.3 Å². The van der Waals surface area contributed by atoms with Gasteiger partial charge in [-0.2, -0.15) is 13.2 Å². The summed E-state index contributed by atoms with van der Waals surface area (Å²) in [5.41, 5.74) is 0.366. The van der Waals surface area contributed by atoms with E-state index >= 15 is 0 Å². The Kier molecular flexibility index (Phi) is 5.46. The summed E-state index contributed by atoms with van der Waals surface area (Å²) in [4.78, 5) is 18.0. The second-order valence-electron chi connectivity index (χ2n) is 6.42. The van der Waals surface area contributed by atoms with Crippen LogP contribution >= 0.6 is 0 Å². The zero-order chi connectivity index (χ0) is 17.9. The minimum Gasteiger partial charge on any atom is -0.474 e. The zero-order valence-electron chi connectivity index (χ0n) is 13.8. The maximum Gasteiger partial charge on any atom is 0.391 e. The number of halogens is 3. The molecule has 138 valence electrons. The molecule has 0 unspecified atom stereocenters. The van der Waals surface area contributed by atoms with Crippen LogP contribution in [0.5, 0.6) is 5.88 Å². The molecule has 8 heteroatoms. The monoisotopic (exact) mass is 358 g/mol. The predicted molar refractivity (Wildman–Crippen MR) is 83.4 cm³/mol. The third-order valence-electron chi connectivity index (χ3n) is 4.68. The van der Waals surface area contributed by atoms with Crippen LogP contribution in [0.1, 0.15) is 36.0 Å². The molecule has 0 radical (unpaired) electrons. The van der Waals surface area contributed by atoms with E-state index in [1.807, 2.05) is 0 Å². The number of nitrogens with zero attached hydrogens (tertiary/aromatic N) is 2. The fourth-order valence-electron chi connectivity index (χ4n) is 3.13. The van der Waals surface area contributed by atoms with Gasteiger partial charge in [0.05, 0.1) is 24.7 Å². The summed E-state index contributed by atoms with van der Waals surface area (Å²) < 4.78 is 49.1. The van der Waals surface area contributed by atoms with Gasteiger partial charge in [-0.3, -0.25) is 4.79 Å². The molecular formula is C17H21F3N2O3. The van der Waals surface area contributed by atoms with Crippen molar-refractivity contribution in [3.63, 3.8) is 0 Å². The van der Waals surface area contributed by atoms with Gasteiger partial charge in [-0.05, 0) is 18.9 Å². The van der Waals surface area contributed by atoms with E-state index in [4.69, 9.17) is 9.47 Å². The molecule has 5 nitrogen and oxygen atoms in total. The van der Waals surface area contributed by atoms with Gasteiger partial charge in [-0.15, -0.1) is 0 Å². The molecule has 0 atom stereocenters. The first-order chi connectivity index (χ1) is 11.9. The molecule has 0 spiro atoms. The summed E-state index contributed by atoms with van der Waals surface area (Å²) in [5, 5.41) is 0. The zero-order valence-corrected chi connectivity index (χ0v) is 13.8. The molecule has 0 aromatic carbocycles. The third-order valence-corrected chi connectivity index (χ3v) is 4.68. The number of carbonyl (C=O) groups excluding carboxylic acids is 1. The Bertz CT molecular complexity index is 578. The van der Waals surface area contributed by atoms with Crippen molar-refractivity contribution in [1.29, 1.82) is 0 Å². The Morgan fingerprint density at radius 1 is 1.16 bits per heavy atom. The highest BCUT2D eigenvalue weighted by Crippen LogP contribution is 2.34. The molecule has 0 saturated carbocycles. The minimum absolute atomic E-state index is 0.0480. The lowest BCUT2D eigenvalue weighted by atomic mass is 9.96. The third kappa shape index (κ3) is 4.62. The van der Waals surface area contributed by atoms with E-state index in [2.05, 4.69) is 4.98 Å². The Morgan fingerprint density at radius 2 is 1.84 bits per heavy atom. The van der Waals surface area contributed by atoms with E-state index in [-0.39, 0.29) is 37.9 Å². The first kappa shape index (κ1) is 18.0. The molecule has 2 saturated heterocycles. The molecule has 3 heterocycles. The molecule has 2 aliphatic rings. The molecule has 2 aliphatic heterocycles. The van der Waals surface area contributed by atoms with Gasteiger partial charge >= 0.3 is 6.18 Å². The topological polar surface area (TPSA) is 51.7 Å². The normalized spacial score (nSPS) is 20.5. The number of rotatable bonds is 3. The van der Waals surface area contributed by atoms with Gasteiger partial charge in [-0.1, -0.05) is 0 Å². The number of carbonyl (C=O) groups is 1. The van der Waals surface area contributed by atoms with Gasteiger partial charge in [-0.25, -0.2) is 4.98 Å². The lowest BCUT2D eigenvalue weighted by Gasteiger charge is -2.32. The Hall–Kier alpha value is -1.83. The molecule has 1 amide bonds. The van der Waals surface area contributed by atoms with Gasteiger partial charge in [0.2, 0.25) is 5.88 Å². The van der Waals surface area contributed by atoms with Crippen molar-refractivity contribution in [3.05, 3.63) is 23.9 Å². The maximum atomic E-state index is 12.7. The van der Waals surface area contributed by atoms with Crippen LogP contribution in [0.4, 0.5) is 13.2 Å². The van der Waals surface area contributed by atoms with Crippen molar-refractivity contribution in [1.82, 2.24) is 9.88 Å². The van der Waals surface area contributed by atoms with E-state index in [1.54, 1.807) is 12.1 Å². The Balaban J connectivity index is 1.54. The smallest absolute Gasteiger partial charge is 0.391 e. The second-order valence-corrected chi connectivity index (χ2v) is 6.42. The second kappa shape index (κ2) is 7.59. The molecule has 2 fully saturated rings.